The summed E-state index contributed by atoms with van der Waals surface area (Å²) in [6, 6.07) is 52.9. The molecule has 141 heavy (non-hydrogen) atoms. The Labute approximate surface area is 845 Å². The normalized spacial score (nSPS) is 14.8. The number of phenolic OH excluding ortho intramolecular Hbond substituents is 2. The summed E-state index contributed by atoms with van der Waals surface area (Å²) in [6.45, 7) is 49.9. The van der Waals surface area contributed by atoms with Crippen LogP contribution in [0, 0.1) is 81.0 Å². The van der Waals surface area contributed by atoms with Crippen molar-refractivity contribution in [2.45, 2.75) is 279 Å². The summed E-state index contributed by atoms with van der Waals surface area (Å²) in [5.41, 5.74) is 16.0. The predicted octanol–water partition coefficient (Wildman–Crippen LogP) is 32.1. The largest absolute Gasteiger partial charge is 0.508 e. The van der Waals surface area contributed by atoms with E-state index in [4.69, 9.17) is 56.8 Å². The molecule has 3 unspecified atom stereocenters. The number of aliphatic hydroxyl groups is 2. The summed E-state index contributed by atoms with van der Waals surface area (Å²) in [4.78, 5) is 4.37. The van der Waals surface area contributed by atoms with E-state index in [9.17, 15) is 20.4 Å². The summed E-state index contributed by atoms with van der Waals surface area (Å²) < 4.78 is 79.2. The van der Waals surface area contributed by atoms with Gasteiger partial charge in [-0.05, 0) is 186 Å². The molecular weight excluding hydrogens is 1760 g/mol. The monoisotopic (exact) mass is 1930 g/mol. The van der Waals surface area contributed by atoms with Crippen LogP contribution in [0.2, 0.25) is 0 Å². The third-order valence-electron chi connectivity index (χ3n) is 30.8. The molecule has 5 atom stereocenters. The molecule has 0 aromatic heterocycles. The highest BCUT2D eigenvalue weighted by Crippen LogP contribution is 2.57. The van der Waals surface area contributed by atoms with Crippen LogP contribution in [0.1, 0.15) is 272 Å². The minimum Gasteiger partial charge on any atom is -0.508 e. The van der Waals surface area contributed by atoms with E-state index in [-0.39, 0.29) is 11.5 Å². The topological polar surface area (TPSA) is 198 Å². The third kappa shape index (κ3) is 26.3. The quantitative estimate of drug-likeness (QED) is 0.0280. The zero-order valence-corrected chi connectivity index (χ0v) is 89.8. The maximum absolute atomic E-state index is 13.4. The molecule has 1 aliphatic carbocycles. The fourth-order valence-corrected chi connectivity index (χ4v) is 20.0. The SMILES string of the molecule is CCC(CC)COc1cc(OC)cc(OCC(CC)CC)c1-c1ccc(N(c2ccc(C3C(O)[C@H](c4ccc(N(c5ccc(-c6c(OCC(CC)CC)cc(OC)cc6OCC(CC)CC)cc5C)c5ccc(-c6c(OCC(CC)CC)cc(OC)cc6OCC(CC)CC)cc5C)cc4O)C(CC)[C@@H]3O)c(O)c2)c2ccc(-c3c(OCC(CC)CC)cc(OC)cc3OCC(CC)CC)cc2C)c(C)c1. The predicted molar refractivity (Wildman–Crippen MR) is 580 cm³/mol. The number of anilines is 6. The molecule has 1 saturated carbocycles. The molecule has 0 aliphatic heterocycles. The van der Waals surface area contributed by atoms with Gasteiger partial charge in [0.2, 0.25) is 0 Å². The molecule has 18 nitrogen and oxygen atoms in total. The van der Waals surface area contributed by atoms with E-state index < -0.39 is 30.0 Å². The van der Waals surface area contributed by atoms with Crippen LogP contribution >= 0.6 is 0 Å². The fourth-order valence-electron chi connectivity index (χ4n) is 20.0. The van der Waals surface area contributed by atoms with Crippen molar-refractivity contribution in [2.75, 3.05) is 91.1 Å². The van der Waals surface area contributed by atoms with Gasteiger partial charge in [0.15, 0.2) is 0 Å². The molecule has 4 N–H and O–H groups in total. The summed E-state index contributed by atoms with van der Waals surface area (Å²) >= 11 is 0. The Balaban J connectivity index is 1.06. The lowest BCUT2D eigenvalue weighted by Crippen LogP contribution is -2.23. The van der Waals surface area contributed by atoms with E-state index in [1.54, 1.807) is 40.6 Å². The van der Waals surface area contributed by atoms with Crippen LogP contribution in [0.25, 0.3) is 44.5 Å². The van der Waals surface area contributed by atoms with Crippen LogP contribution in [-0.2, 0) is 0 Å². The van der Waals surface area contributed by atoms with Crippen LogP contribution in [0.15, 0.2) is 158 Å². The highest BCUT2D eigenvalue weighted by Gasteiger charge is 2.51. The van der Waals surface area contributed by atoms with E-state index in [2.05, 4.69) is 221 Å². The summed E-state index contributed by atoms with van der Waals surface area (Å²) in [5, 5.41) is 53.0. The maximum atomic E-state index is 13.4. The van der Waals surface area contributed by atoms with Crippen molar-refractivity contribution in [1.82, 2.24) is 0 Å². The Morgan fingerprint density at radius 1 is 0.248 bits per heavy atom. The number of nitrogens with zero attached hydrogens (tertiary/aromatic N) is 2. The fraction of sp³-hybridized carbons (Fsp3) is 0.512. The Hall–Kier alpha value is -11.1. The Kier molecular flexibility index (Phi) is 41.7. The molecule has 10 aromatic carbocycles. The van der Waals surface area contributed by atoms with Crippen molar-refractivity contribution in [3.8, 4) is 125 Å². The average molecular weight is 1930 g/mol. The molecule has 18 heteroatoms. The molecule has 0 amide bonds. The lowest BCUT2D eigenvalue weighted by Gasteiger charge is -2.31. The molecule has 0 radical (unpaired) electrons. The maximum Gasteiger partial charge on any atom is 0.134 e. The molecular formula is C123H168N2O16. The lowest BCUT2D eigenvalue weighted by atomic mass is 9.84. The zero-order valence-electron chi connectivity index (χ0n) is 89.8. The number of hydrogen-bond acceptors (Lipinski definition) is 18. The molecule has 1 fully saturated rings. The van der Waals surface area contributed by atoms with Gasteiger partial charge in [-0.25, -0.2) is 0 Å². The average Bonchev–Trinajstić information content (AvgIpc) is 1.74. The van der Waals surface area contributed by atoms with Gasteiger partial charge < -0.3 is 87.1 Å². The van der Waals surface area contributed by atoms with Gasteiger partial charge in [-0.2, -0.15) is 0 Å². The van der Waals surface area contributed by atoms with Crippen molar-refractivity contribution in [1.29, 1.82) is 0 Å². The van der Waals surface area contributed by atoms with Crippen molar-refractivity contribution >= 4 is 34.1 Å². The highest BCUT2D eigenvalue weighted by molar-refractivity contribution is 5.90. The number of rotatable bonds is 57. The van der Waals surface area contributed by atoms with Crippen molar-refractivity contribution in [2.24, 2.45) is 53.3 Å². The van der Waals surface area contributed by atoms with E-state index >= 15 is 0 Å². The smallest absolute Gasteiger partial charge is 0.134 e. The van der Waals surface area contributed by atoms with E-state index in [0.717, 1.165) is 192 Å². The lowest BCUT2D eigenvalue weighted by molar-refractivity contribution is 0.0910. The number of ether oxygens (including phenoxy) is 12. The third-order valence-corrected chi connectivity index (χ3v) is 30.8. The molecule has 766 valence electrons. The number of methoxy groups -OCH3 is 4. The first-order chi connectivity index (χ1) is 68.2. The molecule has 0 saturated heterocycles. The first-order valence-electron chi connectivity index (χ1n) is 53.2. The Morgan fingerprint density at radius 2 is 0.447 bits per heavy atom. The van der Waals surface area contributed by atoms with Gasteiger partial charge in [-0.3, -0.25) is 0 Å². The zero-order chi connectivity index (χ0) is 102. The van der Waals surface area contributed by atoms with Crippen LogP contribution in [0.5, 0.6) is 80.5 Å². The molecule has 10 aromatic rings. The van der Waals surface area contributed by atoms with Gasteiger partial charge >= 0.3 is 0 Å². The van der Waals surface area contributed by atoms with Crippen molar-refractivity contribution in [3.63, 3.8) is 0 Å². The number of phenols is 2. The Bertz CT molecular complexity index is 5190. The molecule has 1 aliphatic rings. The number of aromatic hydroxyl groups is 2. The minimum absolute atomic E-state index is 0.0617. The van der Waals surface area contributed by atoms with Gasteiger partial charge in [-0.1, -0.05) is 263 Å². The van der Waals surface area contributed by atoms with Gasteiger partial charge in [0.05, 0.1) is 116 Å². The molecule has 0 bridgehead atoms. The number of aliphatic hydroxyl groups excluding tert-OH is 2. The van der Waals surface area contributed by atoms with Gasteiger partial charge in [0.1, 0.15) is 80.5 Å². The van der Waals surface area contributed by atoms with Crippen LogP contribution in [0.3, 0.4) is 0 Å². The first kappa shape index (κ1) is 110. The van der Waals surface area contributed by atoms with Gasteiger partial charge in [0, 0.05) is 118 Å². The summed E-state index contributed by atoms with van der Waals surface area (Å²) in [6.07, 6.45) is 13.5. The molecule has 11 rings (SSSR count). The van der Waals surface area contributed by atoms with Gasteiger partial charge in [-0.15, -0.1) is 0 Å². The molecule has 0 spiro atoms. The minimum atomic E-state index is -1.29. The summed E-state index contributed by atoms with van der Waals surface area (Å²) in [7, 11) is 6.71. The highest BCUT2D eigenvalue weighted by atomic mass is 16.5. The van der Waals surface area contributed by atoms with E-state index in [1.807, 2.05) is 79.7 Å². The second-order valence-electron chi connectivity index (χ2n) is 39.2. The standard InChI is InChI=1S/C123H168N2O16/c1-26-81(27-2)69-134-108-61-95(130-22)62-109(135-70-82(28-3)29-4)116(108)89-43-51-102(77(18)55-89)124(103-52-44-90(56-78(103)19)117-110(136-71-83(30-5)31-6)63-96(131-23)64-111(117)137-72-84(32-7)33-8)93-47-49-100(106(126)59-93)120-99(42-17)122(128)121(123(120)129)101-50-48-94(60-107(101)127)125(104-53-45-91(57-79(104)20)118-112(138-73-85(34-9)35-10)65-97(132-24)66-113(118)139-74-86(36-11)37-12)105-54-46-92(58-80(105)21)119-114(140-75-87(38-13)39-14)67-98(133-25)68-115(119)141-76-88(40-15)41-16/h43-68,81-88,99,120-123,126-129H,26-42,69-76H2,1-25H3/t99?,120-,121?,122-,123?/m0/s1. The Morgan fingerprint density at radius 3 is 0.617 bits per heavy atom. The van der Waals surface area contributed by atoms with Gasteiger partial charge in [0.25, 0.3) is 0 Å². The molecule has 0 heterocycles. The number of benzene rings is 10. The number of aryl methyl sites for hydroxylation is 4. The van der Waals surface area contributed by atoms with E-state index in [1.165, 1.54) is 0 Å². The summed E-state index contributed by atoms with van der Waals surface area (Å²) in [5.74, 6) is 8.08. The number of hydrogen-bond donors (Lipinski definition) is 4. The van der Waals surface area contributed by atoms with Crippen LogP contribution in [0.4, 0.5) is 34.1 Å². The van der Waals surface area contributed by atoms with Crippen molar-refractivity contribution in [3.05, 3.63) is 191 Å². The van der Waals surface area contributed by atoms with Crippen LogP contribution < -0.4 is 66.6 Å². The van der Waals surface area contributed by atoms with E-state index in [0.29, 0.717) is 198 Å². The second kappa shape index (κ2) is 53.3. The second-order valence-corrected chi connectivity index (χ2v) is 39.2. The van der Waals surface area contributed by atoms with Crippen LogP contribution in [-0.4, -0.2) is 114 Å². The van der Waals surface area contributed by atoms with Crippen molar-refractivity contribution < 1.29 is 77.3 Å². The first-order valence-corrected chi connectivity index (χ1v) is 53.2.